The summed E-state index contributed by atoms with van der Waals surface area (Å²) in [4.78, 5) is 27.2. The van der Waals surface area contributed by atoms with Gasteiger partial charge in [-0.2, -0.15) is 15.1 Å². The monoisotopic (exact) mass is 362 g/mol. The summed E-state index contributed by atoms with van der Waals surface area (Å²) >= 11 is 5.87. The Morgan fingerprint density at radius 2 is 2.16 bits per heavy atom. The molecule has 3 N–H and O–H groups in total. The molecule has 3 rings (SSSR count). The zero-order valence-corrected chi connectivity index (χ0v) is 15.0. The largest absolute Gasteiger partial charge is 0.368 e. The van der Waals surface area contributed by atoms with E-state index in [0.717, 1.165) is 17.0 Å². The SMILES string of the molecule is Cc1nn(C)c(C)c1CNC(=O)CCNc1nc(Cl)nc2nc[nH]c12. The Morgan fingerprint density at radius 3 is 2.88 bits per heavy atom. The second kappa shape index (κ2) is 7.06. The Hall–Kier alpha value is -2.68. The number of carbonyl (C=O) groups is 1. The first kappa shape index (κ1) is 17.2. The van der Waals surface area contributed by atoms with E-state index in [9.17, 15) is 4.79 Å². The van der Waals surface area contributed by atoms with Crippen LogP contribution in [0.3, 0.4) is 0 Å². The molecule has 0 spiro atoms. The number of amides is 1. The van der Waals surface area contributed by atoms with Gasteiger partial charge in [0.05, 0.1) is 12.0 Å². The molecule has 0 saturated heterocycles. The van der Waals surface area contributed by atoms with Crippen molar-refractivity contribution in [1.82, 2.24) is 35.0 Å². The molecule has 0 aliphatic rings. The highest BCUT2D eigenvalue weighted by Gasteiger charge is 2.12. The Balaban J connectivity index is 1.53. The van der Waals surface area contributed by atoms with Gasteiger partial charge < -0.3 is 15.6 Å². The van der Waals surface area contributed by atoms with Crippen molar-refractivity contribution in [1.29, 1.82) is 0 Å². The van der Waals surface area contributed by atoms with Gasteiger partial charge in [-0.15, -0.1) is 0 Å². The number of carbonyl (C=O) groups excluding carboxylic acids is 1. The number of H-pyrrole nitrogens is 1. The molecule has 0 radical (unpaired) electrons. The molecule has 1 amide bonds. The normalized spacial score (nSPS) is 11.0. The third-order valence-electron chi connectivity index (χ3n) is 4.02. The number of nitrogens with zero attached hydrogens (tertiary/aromatic N) is 5. The minimum atomic E-state index is -0.0591. The fraction of sp³-hybridized carbons (Fsp3) is 0.400. The van der Waals surface area contributed by atoms with E-state index < -0.39 is 0 Å². The van der Waals surface area contributed by atoms with Crippen molar-refractivity contribution in [3.8, 4) is 0 Å². The standard InChI is InChI=1S/C15H19ClN8O/c1-8-10(9(2)24(3)23-8)6-18-11(25)4-5-17-13-12-14(20-7-19-12)22-15(16)21-13/h7H,4-6H2,1-3H3,(H,18,25)(H2,17,19,20,21,22). The van der Waals surface area contributed by atoms with Crippen LogP contribution in [0.15, 0.2) is 6.33 Å². The first-order valence-electron chi connectivity index (χ1n) is 7.82. The number of hydrogen-bond donors (Lipinski definition) is 3. The van der Waals surface area contributed by atoms with Crippen LogP contribution >= 0.6 is 11.6 Å². The summed E-state index contributed by atoms with van der Waals surface area (Å²) in [6.45, 7) is 4.80. The maximum atomic E-state index is 12.1. The van der Waals surface area contributed by atoms with Crippen LogP contribution in [0, 0.1) is 13.8 Å². The lowest BCUT2D eigenvalue weighted by atomic mass is 10.2. The smallest absolute Gasteiger partial charge is 0.226 e. The van der Waals surface area contributed by atoms with Gasteiger partial charge >= 0.3 is 0 Å². The van der Waals surface area contributed by atoms with Gasteiger partial charge in [0, 0.05) is 37.8 Å². The minimum Gasteiger partial charge on any atom is -0.368 e. The lowest BCUT2D eigenvalue weighted by molar-refractivity contribution is -0.121. The number of aryl methyl sites for hydroxylation is 2. The first-order valence-corrected chi connectivity index (χ1v) is 8.19. The lowest BCUT2D eigenvalue weighted by Gasteiger charge is -2.08. The van der Waals surface area contributed by atoms with Crippen LogP contribution in [0.1, 0.15) is 23.4 Å². The van der Waals surface area contributed by atoms with Crippen LogP contribution in [0.2, 0.25) is 5.28 Å². The highest BCUT2D eigenvalue weighted by Crippen LogP contribution is 2.18. The van der Waals surface area contributed by atoms with E-state index in [1.807, 2.05) is 25.6 Å². The molecule has 0 fully saturated rings. The fourth-order valence-electron chi connectivity index (χ4n) is 2.58. The van der Waals surface area contributed by atoms with E-state index in [-0.39, 0.29) is 11.2 Å². The number of nitrogens with one attached hydrogen (secondary N) is 3. The zero-order chi connectivity index (χ0) is 18.0. The molecular formula is C15H19ClN8O. The predicted octanol–water partition coefficient (Wildman–Crippen LogP) is 1.48. The molecule has 0 saturated carbocycles. The molecule has 10 heteroatoms. The number of halogens is 1. The van der Waals surface area contributed by atoms with Crippen LogP contribution in [-0.4, -0.2) is 42.2 Å². The summed E-state index contributed by atoms with van der Waals surface area (Å²) in [6.07, 6.45) is 1.82. The summed E-state index contributed by atoms with van der Waals surface area (Å²) in [6, 6.07) is 0. The zero-order valence-electron chi connectivity index (χ0n) is 14.2. The van der Waals surface area contributed by atoms with Gasteiger partial charge in [-0.25, -0.2) is 4.98 Å². The molecule has 3 heterocycles. The number of hydrogen-bond acceptors (Lipinski definition) is 6. The van der Waals surface area contributed by atoms with Gasteiger partial charge in [-0.1, -0.05) is 0 Å². The van der Waals surface area contributed by atoms with E-state index in [2.05, 4.69) is 35.7 Å². The van der Waals surface area contributed by atoms with E-state index in [1.54, 1.807) is 0 Å². The molecule has 132 valence electrons. The van der Waals surface area contributed by atoms with E-state index in [1.165, 1.54) is 6.33 Å². The highest BCUT2D eigenvalue weighted by atomic mass is 35.5. The third-order valence-corrected chi connectivity index (χ3v) is 4.19. The number of fused-ring (bicyclic) bond motifs is 1. The van der Waals surface area contributed by atoms with Crippen molar-refractivity contribution >= 4 is 34.5 Å². The van der Waals surface area contributed by atoms with Crippen molar-refractivity contribution in [3.05, 3.63) is 28.6 Å². The molecule has 0 aliphatic carbocycles. The summed E-state index contributed by atoms with van der Waals surface area (Å²) in [5.41, 5.74) is 4.16. The molecule has 0 atom stereocenters. The van der Waals surface area contributed by atoms with Gasteiger partial charge in [0.15, 0.2) is 11.5 Å². The molecule has 25 heavy (non-hydrogen) atoms. The summed E-state index contributed by atoms with van der Waals surface area (Å²) in [5, 5.41) is 10.4. The van der Waals surface area contributed by atoms with E-state index >= 15 is 0 Å². The second-order valence-electron chi connectivity index (χ2n) is 5.67. The summed E-state index contributed by atoms with van der Waals surface area (Å²) in [5.74, 6) is 0.468. The Labute approximate surface area is 149 Å². The van der Waals surface area contributed by atoms with Crippen LogP contribution in [-0.2, 0) is 18.4 Å². The summed E-state index contributed by atoms with van der Waals surface area (Å²) < 4.78 is 1.81. The van der Waals surface area contributed by atoms with Crippen molar-refractivity contribution in [3.63, 3.8) is 0 Å². The first-order chi connectivity index (χ1) is 12.0. The van der Waals surface area contributed by atoms with Crippen molar-refractivity contribution < 1.29 is 4.79 Å². The number of aromatic nitrogens is 6. The Morgan fingerprint density at radius 1 is 1.36 bits per heavy atom. The van der Waals surface area contributed by atoms with Gasteiger partial charge in [-0.05, 0) is 25.4 Å². The molecule has 3 aromatic rings. The van der Waals surface area contributed by atoms with Gasteiger partial charge in [-0.3, -0.25) is 9.48 Å². The molecule has 0 aliphatic heterocycles. The summed E-state index contributed by atoms with van der Waals surface area (Å²) in [7, 11) is 1.89. The average Bonchev–Trinajstić information content (AvgIpc) is 3.11. The Kier molecular flexibility index (Phi) is 4.84. The molecule has 0 aromatic carbocycles. The minimum absolute atomic E-state index is 0.0591. The highest BCUT2D eigenvalue weighted by molar-refractivity contribution is 6.28. The van der Waals surface area contributed by atoms with E-state index in [0.29, 0.717) is 36.5 Å². The average molecular weight is 363 g/mol. The molecule has 3 aromatic heterocycles. The molecule has 0 unspecified atom stereocenters. The van der Waals surface area contributed by atoms with Crippen LogP contribution in [0.4, 0.5) is 5.82 Å². The van der Waals surface area contributed by atoms with Crippen LogP contribution < -0.4 is 10.6 Å². The van der Waals surface area contributed by atoms with Crippen LogP contribution in [0.5, 0.6) is 0 Å². The Bertz CT molecular complexity index is 916. The van der Waals surface area contributed by atoms with Gasteiger partial charge in [0.2, 0.25) is 11.2 Å². The van der Waals surface area contributed by atoms with E-state index in [4.69, 9.17) is 11.6 Å². The lowest BCUT2D eigenvalue weighted by Crippen LogP contribution is -2.25. The fourth-order valence-corrected chi connectivity index (χ4v) is 2.74. The third kappa shape index (κ3) is 3.71. The predicted molar refractivity (Wildman–Crippen MR) is 94.3 cm³/mol. The quantitative estimate of drug-likeness (QED) is 0.572. The van der Waals surface area contributed by atoms with Crippen LogP contribution in [0.25, 0.3) is 11.2 Å². The maximum absolute atomic E-state index is 12.1. The van der Waals surface area contributed by atoms with Gasteiger partial charge in [0.25, 0.3) is 0 Å². The number of anilines is 1. The van der Waals surface area contributed by atoms with Gasteiger partial charge in [0.1, 0.15) is 5.52 Å². The number of imidazole rings is 1. The second-order valence-corrected chi connectivity index (χ2v) is 6.01. The van der Waals surface area contributed by atoms with Crippen molar-refractivity contribution in [2.45, 2.75) is 26.8 Å². The number of aromatic amines is 1. The molecule has 9 nitrogen and oxygen atoms in total. The number of rotatable bonds is 6. The maximum Gasteiger partial charge on any atom is 0.226 e. The van der Waals surface area contributed by atoms with Crippen molar-refractivity contribution in [2.24, 2.45) is 7.05 Å². The molecule has 0 bridgehead atoms. The molecular weight excluding hydrogens is 344 g/mol. The van der Waals surface area contributed by atoms with Crippen molar-refractivity contribution in [2.75, 3.05) is 11.9 Å². The topological polar surface area (TPSA) is 113 Å².